The molecule has 40 heavy (non-hydrogen) atoms. The van der Waals surface area contributed by atoms with E-state index in [1.807, 2.05) is 30.3 Å². The SMILES string of the molecule is ICCOCCOCCOCCOCCOCCOCCOCCOCCOCCOCCOc1ccccc1. The molecule has 234 valence electrons. The Labute approximate surface area is 253 Å². The third-order valence-corrected chi connectivity index (χ3v) is 5.25. The molecule has 0 bridgehead atoms. The average molecular weight is 689 g/mol. The summed E-state index contributed by atoms with van der Waals surface area (Å²) >= 11 is 2.28. The van der Waals surface area contributed by atoms with Gasteiger partial charge in [0, 0.05) is 4.43 Å². The van der Waals surface area contributed by atoms with Crippen molar-refractivity contribution >= 4 is 22.6 Å². The van der Waals surface area contributed by atoms with E-state index in [2.05, 4.69) is 22.6 Å². The van der Waals surface area contributed by atoms with Crippen LogP contribution in [0.4, 0.5) is 0 Å². The number of halogens is 1. The minimum Gasteiger partial charge on any atom is -0.491 e. The van der Waals surface area contributed by atoms with E-state index in [1.54, 1.807) is 0 Å². The van der Waals surface area contributed by atoms with Crippen molar-refractivity contribution in [2.75, 3.05) is 143 Å². The van der Waals surface area contributed by atoms with Gasteiger partial charge in [0.1, 0.15) is 12.4 Å². The van der Waals surface area contributed by atoms with Gasteiger partial charge in [-0.1, -0.05) is 40.8 Å². The fourth-order valence-corrected chi connectivity index (χ4v) is 3.18. The van der Waals surface area contributed by atoms with Gasteiger partial charge in [0.2, 0.25) is 0 Å². The first-order chi connectivity index (χ1) is 19.9. The van der Waals surface area contributed by atoms with E-state index >= 15 is 0 Å². The van der Waals surface area contributed by atoms with E-state index in [0.717, 1.165) is 16.8 Å². The van der Waals surface area contributed by atoms with Crippen LogP contribution in [-0.4, -0.2) is 143 Å². The molecule has 11 nitrogen and oxygen atoms in total. The van der Waals surface area contributed by atoms with Gasteiger partial charge in [0.05, 0.1) is 132 Å². The molecule has 0 aliphatic heterocycles. The third-order valence-electron chi connectivity index (χ3n) is 4.81. The van der Waals surface area contributed by atoms with Gasteiger partial charge in [-0.15, -0.1) is 0 Å². The molecule has 1 aromatic rings. The topological polar surface area (TPSA) is 102 Å². The first-order valence-corrected chi connectivity index (χ1v) is 15.5. The minimum atomic E-state index is 0.520. The molecule has 0 saturated carbocycles. The van der Waals surface area contributed by atoms with Gasteiger partial charge < -0.3 is 52.1 Å². The van der Waals surface area contributed by atoms with Gasteiger partial charge in [-0.3, -0.25) is 0 Å². The van der Waals surface area contributed by atoms with Crippen LogP contribution in [0.2, 0.25) is 0 Å². The maximum absolute atomic E-state index is 5.55. The van der Waals surface area contributed by atoms with Crippen molar-refractivity contribution in [3.8, 4) is 5.75 Å². The van der Waals surface area contributed by atoms with E-state index in [1.165, 1.54) is 0 Å². The maximum atomic E-state index is 5.55. The third kappa shape index (κ3) is 28.9. The van der Waals surface area contributed by atoms with Crippen molar-refractivity contribution < 1.29 is 52.1 Å². The number of hydrogen-bond donors (Lipinski definition) is 0. The number of alkyl halides is 1. The van der Waals surface area contributed by atoms with Crippen LogP contribution in [0.25, 0.3) is 0 Å². The Morgan fingerprint density at radius 2 is 0.575 bits per heavy atom. The summed E-state index contributed by atoms with van der Waals surface area (Å²) in [6.07, 6.45) is 0. The monoisotopic (exact) mass is 688 g/mol. The molecule has 1 rings (SSSR count). The molecule has 0 amide bonds. The van der Waals surface area contributed by atoms with Crippen molar-refractivity contribution in [3.63, 3.8) is 0 Å². The number of ether oxygens (including phenoxy) is 11. The summed E-state index contributed by atoms with van der Waals surface area (Å²) in [7, 11) is 0. The lowest BCUT2D eigenvalue weighted by Crippen LogP contribution is -2.15. The second kappa shape index (κ2) is 32.9. The van der Waals surface area contributed by atoms with Gasteiger partial charge in [-0.05, 0) is 12.1 Å². The largest absolute Gasteiger partial charge is 0.491 e. The molecule has 0 spiro atoms. The van der Waals surface area contributed by atoms with E-state index in [9.17, 15) is 0 Å². The Morgan fingerprint density at radius 3 is 0.850 bits per heavy atom. The molecular weight excluding hydrogens is 639 g/mol. The number of benzene rings is 1. The fourth-order valence-electron chi connectivity index (χ4n) is 2.87. The van der Waals surface area contributed by atoms with Gasteiger partial charge >= 0.3 is 0 Å². The highest BCUT2D eigenvalue weighted by molar-refractivity contribution is 14.1. The van der Waals surface area contributed by atoms with E-state index in [4.69, 9.17) is 52.1 Å². The van der Waals surface area contributed by atoms with Crippen molar-refractivity contribution in [1.29, 1.82) is 0 Å². The van der Waals surface area contributed by atoms with E-state index < -0.39 is 0 Å². The van der Waals surface area contributed by atoms with Gasteiger partial charge in [0.25, 0.3) is 0 Å². The molecule has 0 atom stereocenters. The summed E-state index contributed by atoms with van der Waals surface area (Å²) in [5.74, 6) is 0.846. The Bertz CT molecular complexity index is 601. The fraction of sp³-hybridized carbons (Fsp3) is 0.786. The van der Waals surface area contributed by atoms with Crippen molar-refractivity contribution in [2.24, 2.45) is 0 Å². The molecule has 0 aliphatic carbocycles. The Balaban J connectivity index is 1.62. The summed E-state index contributed by atoms with van der Waals surface area (Å²) < 4.78 is 61.0. The van der Waals surface area contributed by atoms with Crippen LogP contribution in [-0.2, 0) is 47.4 Å². The Kier molecular flexibility index (Phi) is 30.7. The van der Waals surface area contributed by atoms with Crippen molar-refractivity contribution in [3.05, 3.63) is 30.3 Å². The summed E-state index contributed by atoms with van der Waals surface area (Å²) in [5, 5.41) is 0. The summed E-state index contributed by atoms with van der Waals surface area (Å²) in [6, 6.07) is 9.68. The lowest BCUT2D eigenvalue weighted by molar-refractivity contribution is -0.0265. The smallest absolute Gasteiger partial charge is 0.119 e. The summed E-state index contributed by atoms with van der Waals surface area (Å²) in [5.41, 5.74) is 0. The predicted octanol–water partition coefficient (Wildman–Crippen LogP) is 2.67. The lowest BCUT2D eigenvalue weighted by atomic mass is 10.3. The molecule has 12 heteroatoms. The van der Waals surface area contributed by atoms with E-state index in [0.29, 0.717) is 132 Å². The van der Waals surface area contributed by atoms with Crippen molar-refractivity contribution in [2.45, 2.75) is 0 Å². The highest BCUT2D eigenvalue weighted by atomic mass is 127. The minimum absolute atomic E-state index is 0.520. The molecule has 1 aromatic carbocycles. The molecule has 0 aliphatic rings. The first kappa shape index (κ1) is 37.4. The van der Waals surface area contributed by atoms with Crippen LogP contribution in [0.5, 0.6) is 5.75 Å². The maximum Gasteiger partial charge on any atom is 0.119 e. The first-order valence-electron chi connectivity index (χ1n) is 13.9. The van der Waals surface area contributed by atoms with Gasteiger partial charge in [-0.25, -0.2) is 0 Å². The van der Waals surface area contributed by atoms with Crippen LogP contribution < -0.4 is 4.74 Å². The molecule has 0 fully saturated rings. The lowest BCUT2D eigenvalue weighted by Gasteiger charge is -2.09. The standard InChI is InChI=1S/C28H49IO11/c29-6-7-30-8-9-31-10-11-32-12-13-33-14-15-34-16-17-35-18-19-36-20-21-37-22-23-38-24-25-39-26-27-40-28-4-2-1-3-5-28/h1-5H,6-27H2. The zero-order valence-electron chi connectivity index (χ0n) is 23.8. The number of hydrogen-bond acceptors (Lipinski definition) is 11. The molecule has 0 radical (unpaired) electrons. The molecule has 0 aromatic heterocycles. The molecular formula is C28H49IO11. The zero-order chi connectivity index (χ0) is 28.4. The van der Waals surface area contributed by atoms with Crippen LogP contribution in [0.3, 0.4) is 0 Å². The predicted molar refractivity (Wildman–Crippen MR) is 159 cm³/mol. The van der Waals surface area contributed by atoms with Gasteiger partial charge in [-0.2, -0.15) is 0 Å². The van der Waals surface area contributed by atoms with Crippen LogP contribution in [0.15, 0.2) is 30.3 Å². The normalized spacial score (nSPS) is 11.3. The van der Waals surface area contributed by atoms with Crippen LogP contribution in [0.1, 0.15) is 0 Å². The second-order valence-electron chi connectivity index (χ2n) is 7.97. The molecule has 0 heterocycles. The van der Waals surface area contributed by atoms with Crippen LogP contribution in [0, 0.1) is 0 Å². The van der Waals surface area contributed by atoms with Crippen LogP contribution >= 0.6 is 22.6 Å². The second-order valence-corrected chi connectivity index (χ2v) is 9.05. The number of para-hydroxylation sites is 1. The van der Waals surface area contributed by atoms with Gasteiger partial charge in [0.15, 0.2) is 0 Å². The molecule has 0 saturated heterocycles. The Morgan fingerprint density at radius 1 is 0.325 bits per heavy atom. The highest BCUT2D eigenvalue weighted by Crippen LogP contribution is 2.07. The molecule has 0 N–H and O–H groups in total. The van der Waals surface area contributed by atoms with Crippen molar-refractivity contribution in [1.82, 2.24) is 0 Å². The molecule has 0 unspecified atom stereocenters. The van der Waals surface area contributed by atoms with E-state index in [-0.39, 0.29) is 0 Å². The summed E-state index contributed by atoms with van der Waals surface area (Å²) in [4.78, 5) is 0. The average Bonchev–Trinajstić information content (AvgIpc) is 2.98. The highest BCUT2D eigenvalue weighted by Gasteiger charge is 1.96. The zero-order valence-corrected chi connectivity index (χ0v) is 26.0. The quantitative estimate of drug-likeness (QED) is 0.0620. The summed E-state index contributed by atoms with van der Waals surface area (Å²) in [6.45, 7) is 11.5. The Hall–Kier alpha value is -0.650. The number of rotatable bonds is 33.